The second kappa shape index (κ2) is 4.66. The SMILES string of the molecule is CN(CC1CC(Cl)C1)c1ncncc1Br. The van der Waals surface area contributed by atoms with Gasteiger partial charge in [0.05, 0.1) is 4.47 Å². The number of aromatic nitrogens is 2. The largest absolute Gasteiger partial charge is 0.358 e. The maximum Gasteiger partial charge on any atom is 0.146 e. The van der Waals surface area contributed by atoms with E-state index in [9.17, 15) is 0 Å². The third kappa shape index (κ3) is 2.61. The van der Waals surface area contributed by atoms with E-state index in [1.165, 1.54) is 0 Å². The van der Waals surface area contributed by atoms with Crippen LogP contribution in [0, 0.1) is 5.92 Å². The van der Waals surface area contributed by atoms with E-state index in [0.717, 1.165) is 29.7 Å². The molecule has 1 aromatic rings. The number of alkyl halides is 1. The van der Waals surface area contributed by atoms with Gasteiger partial charge in [0.15, 0.2) is 0 Å². The molecule has 0 bridgehead atoms. The fourth-order valence-electron chi connectivity index (χ4n) is 1.86. The lowest BCUT2D eigenvalue weighted by Gasteiger charge is -2.34. The third-order valence-corrected chi connectivity index (χ3v) is 3.64. The van der Waals surface area contributed by atoms with E-state index in [2.05, 4.69) is 37.8 Å². The maximum absolute atomic E-state index is 5.95. The van der Waals surface area contributed by atoms with Gasteiger partial charge in [0.25, 0.3) is 0 Å². The molecule has 5 heteroatoms. The lowest BCUT2D eigenvalue weighted by atomic mass is 9.84. The van der Waals surface area contributed by atoms with Gasteiger partial charge in [0, 0.05) is 25.2 Å². The smallest absolute Gasteiger partial charge is 0.146 e. The van der Waals surface area contributed by atoms with Crippen molar-refractivity contribution in [1.29, 1.82) is 0 Å². The fourth-order valence-corrected chi connectivity index (χ4v) is 2.89. The Morgan fingerprint density at radius 2 is 2.33 bits per heavy atom. The number of nitrogens with zero attached hydrogens (tertiary/aromatic N) is 3. The third-order valence-electron chi connectivity index (χ3n) is 2.72. The molecule has 1 aromatic heterocycles. The van der Waals surface area contributed by atoms with Crippen molar-refractivity contribution in [1.82, 2.24) is 9.97 Å². The zero-order valence-corrected chi connectivity index (χ0v) is 10.9. The van der Waals surface area contributed by atoms with Crippen molar-refractivity contribution < 1.29 is 0 Å². The normalized spacial score (nSPS) is 24.7. The van der Waals surface area contributed by atoms with E-state index in [0.29, 0.717) is 11.3 Å². The van der Waals surface area contributed by atoms with Crippen molar-refractivity contribution >= 4 is 33.3 Å². The zero-order valence-electron chi connectivity index (χ0n) is 8.53. The minimum absolute atomic E-state index is 0.386. The molecule has 0 atom stereocenters. The summed E-state index contributed by atoms with van der Waals surface area (Å²) in [6, 6.07) is 0. The number of rotatable bonds is 3. The molecule has 82 valence electrons. The minimum Gasteiger partial charge on any atom is -0.358 e. The summed E-state index contributed by atoms with van der Waals surface area (Å²) in [6.45, 7) is 1.01. The quantitative estimate of drug-likeness (QED) is 0.802. The predicted molar refractivity (Wildman–Crippen MR) is 65.4 cm³/mol. The van der Waals surface area contributed by atoms with Gasteiger partial charge in [-0.2, -0.15) is 0 Å². The molecule has 15 heavy (non-hydrogen) atoms. The molecule has 0 unspecified atom stereocenters. The second-order valence-corrected chi connectivity index (χ2v) is 5.48. The van der Waals surface area contributed by atoms with Crippen molar-refractivity contribution in [2.45, 2.75) is 18.2 Å². The fraction of sp³-hybridized carbons (Fsp3) is 0.600. The van der Waals surface area contributed by atoms with E-state index in [4.69, 9.17) is 11.6 Å². The Balaban J connectivity index is 1.96. The Kier molecular flexibility index (Phi) is 3.46. The molecule has 0 amide bonds. The summed E-state index contributed by atoms with van der Waals surface area (Å²) in [5.41, 5.74) is 0. The molecule has 0 spiro atoms. The molecular formula is C10H13BrClN3. The van der Waals surface area contributed by atoms with Crippen LogP contribution in [0.5, 0.6) is 0 Å². The summed E-state index contributed by atoms with van der Waals surface area (Å²) >= 11 is 9.40. The Labute approximate surface area is 103 Å². The molecule has 1 aliphatic carbocycles. The average Bonchev–Trinajstić information content (AvgIpc) is 2.16. The summed E-state index contributed by atoms with van der Waals surface area (Å²) in [5.74, 6) is 1.65. The van der Waals surface area contributed by atoms with Gasteiger partial charge >= 0.3 is 0 Å². The zero-order chi connectivity index (χ0) is 10.8. The van der Waals surface area contributed by atoms with Gasteiger partial charge in [-0.15, -0.1) is 11.6 Å². The van der Waals surface area contributed by atoms with Crippen LogP contribution in [0.15, 0.2) is 17.0 Å². The minimum atomic E-state index is 0.386. The van der Waals surface area contributed by atoms with Gasteiger partial charge in [-0.05, 0) is 34.7 Å². The van der Waals surface area contributed by atoms with Gasteiger partial charge < -0.3 is 4.90 Å². The second-order valence-electron chi connectivity index (χ2n) is 4.01. The van der Waals surface area contributed by atoms with Gasteiger partial charge in [-0.1, -0.05) is 0 Å². The average molecular weight is 291 g/mol. The van der Waals surface area contributed by atoms with Crippen molar-refractivity contribution in [3.05, 3.63) is 17.0 Å². The molecule has 1 fully saturated rings. The monoisotopic (exact) mass is 289 g/mol. The highest BCUT2D eigenvalue weighted by atomic mass is 79.9. The molecule has 0 aromatic carbocycles. The van der Waals surface area contributed by atoms with E-state index >= 15 is 0 Å². The van der Waals surface area contributed by atoms with Crippen molar-refractivity contribution in [2.24, 2.45) is 5.92 Å². The number of halogens is 2. The van der Waals surface area contributed by atoms with Crippen LogP contribution in [0.25, 0.3) is 0 Å². The van der Waals surface area contributed by atoms with Crippen LogP contribution in [0.3, 0.4) is 0 Å². The number of hydrogen-bond donors (Lipinski definition) is 0. The molecule has 2 rings (SSSR count). The Bertz CT molecular complexity index is 341. The molecule has 0 N–H and O–H groups in total. The first-order chi connectivity index (χ1) is 7.16. The van der Waals surface area contributed by atoms with E-state index < -0.39 is 0 Å². The first-order valence-corrected chi connectivity index (χ1v) is 6.20. The highest BCUT2D eigenvalue weighted by molar-refractivity contribution is 9.10. The van der Waals surface area contributed by atoms with Gasteiger partial charge in [0.2, 0.25) is 0 Å². The van der Waals surface area contributed by atoms with Crippen LogP contribution in [-0.4, -0.2) is 28.9 Å². The summed E-state index contributed by atoms with van der Waals surface area (Å²) < 4.78 is 0.939. The molecule has 1 aliphatic rings. The van der Waals surface area contributed by atoms with Crippen molar-refractivity contribution in [3.8, 4) is 0 Å². The van der Waals surface area contributed by atoms with E-state index in [1.807, 2.05) is 0 Å². The number of anilines is 1. The Hall–Kier alpha value is -0.350. The summed E-state index contributed by atoms with van der Waals surface area (Å²) in [6.07, 6.45) is 5.58. The number of hydrogen-bond acceptors (Lipinski definition) is 3. The van der Waals surface area contributed by atoms with Gasteiger partial charge in [-0.25, -0.2) is 9.97 Å². The van der Waals surface area contributed by atoms with Gasteiger partial charge in [-0.3, -0.25) is 0 Å². The van der Waals surface area contributed by atoms with E-state index in [-0.39, 0.29) is 0 Å². The molecule has 1 saturated carbocycles. The molecule has 3 nitrogen and oxygen atoms in total. The van der Waals surface area contributed by atoms with Crippen LogP contribution in [0.2, 0.25) is 0 Å². The van der Waals surface area contributed by atoms with Gasteiger partial charge in [0.1, 0.15) is 12.1 Å². The topological polar surface area (TPSA) is 29.0 Å². The first-order valence-electron chi connectivity index (χ1n) is 4.97. The highest BCUT2D eigenvalue weighted by Crippen LogP contribution is 2.33. The predicted octanol–water partition coefficient (Wildman–Crippen LogP) is 2.69. The maximum atomic E-state index is 5.95. The first kappa shape index (κ1) is 11.1. The summed E-state index contributed by atoms with van der Waals surface area (Å²) in [5, 5.41) is 0.386. The Morgan fingerprint density at radius 3 is 2.93 bits per heavy atom. The lowest BCUT2D eigenvalue weighted by molar-refractivity contribution is 0.328. The molecular weight excluding hydrogens is 277 g/mol. The van der Waals surface area contributed by atoms with Crippen molar-refractivity contribution in [3.63, 3.8) is 0 Å². The molecule has 1 heterocycles. The molecule has 0 saturated heterocycles. The Morgan fingerprint density at radius 1 is 1.60 bits per heavy atom. The highest BCUT2D eigenvalue weighted by Gasteiger charge is 2.28. The van der Waals surface area contributed by atoms with Crippen LogP contribution < -0.4 is 4.90 Å². The van der Waals surface area contributed by atoms with Crippen molar-refractivity contribution in [2.75, 3.05) is 18.5 Å². The van der Waals surface area contributed by atoms with Crippen LogP contribution in [0.1, 0.15) is 12.8 Å². The molecule has 0 radical (unpaired) electrons. The summed E-state index contributed by atoms with van der Waals surface area (Å²) in [4.78, 5) is 10.3. The standard InChI is InChI=1S/C10H13BrClN3/c1-15(5-7-2-8(12)3-7)10-9(11)4-13-6-14-10/h4,6-8H,2-3,5H2,1H3. The summed E-state index contributed by atoms with van der Waals surface area (Å²) in [7, 11) is 2.05. The molecule has 0 aliphatic heterocycles. The van der Waals surface area contributed by atoms with Crippen LogP contribution in [-0.2, 0) is 0 Å². The van der Waals surface area contributed by atoms with E-state index in [1.54, 1.807) is 12.5 Å². The van der Waals surface area contributed by atoms with Crippen LogP contribution >= 0.6 is 27.5 Å². The lowest BCUT2D eigenvalue weighted by Crippen LogP contribution is -2.35. The van der Waals surface area contributed by atoms with Crippen LogP contribution in [0.4, 0.5) is 5.82 Å².